The summed E-state index contributed by atoms with van der Waals surface area (Å²) >= 11 is 0. The number of nitrogens with zero attached hydrogens (tertiary/aromatic N) is 2. The lowest BCUT2D eigenvalue weighted by atomic mass is 9.99. The summed E-state index contributed by atoms with van der Waals surface area (Å²) in [6.07, 6.45) is 1.09. The SMILES string of the molecule is CC[C@@H](C)c1ccc(NC(=O)CN(C)CC(=O)N(C)C)cc1. The first-order valence-corrected chi connectivity index (χ1v) is 7.62. The van der Waals surface area contributed by atoms with Crippen molar-refractivity contribution in [3.63, 3.8) is 0 Å². The Bertz CT molecular complexity index is 497. The van der Waals surface area contributed by atoms with E-state index in [0.29, 0.717) is 5.92 Å². The van der Waals surface area contributed by atoms with Gasteiger partial charge in [-0.1, -0.05) is 26.0 Å². The van der Waals surface area contributed by atoms with Crippen molar-refractivity contribution in [3.05, 3.63) is 29.8 Å². The van der Waals surface area contributed by atoms with E-state index in [2.05, 4.69) is 19.2 Å². The minimum Gasteiger partial charge on any atom is -0.348 e. The quantitative estimate of drug-likeness (QED) is 0.840. The molecule has 1 aromatic rings. The molecule has 1 N–H and O–H groups in total. The Hall–Kier alpha value is -1.88. The fourth-order valence-electron chi connectivity index (χ4n) is 2.00. The Kier molecular flexibility index (Phi) is 7.05. The Morgan fingerprint density at radius 1 is 1.09 bits per heavy atom. The van der Waals surface area contributed by atoms with Crippen LogP contribution >= 0.6 is 0 Å². The summed E-state index contributed by atoms with van der Waals surface area (Å²) in [6.45, 7) is 4.76. The molecule has 1 rings (SSSR count). The number of carbonyl (C=O) groups is 2. The van der Waals surface area contributed by atoms with Crippen molar-refractivity contribution in [1.82, 2.24) is 9.80 Å². The van der Waals surface area contributed by atoms with Crippen LogP contribution in [0.1, 0.15) is 31.7 Å². The molecule has 22 heavy (non-hydrogen) atoms. The first-order chi connectivity index (χ1) is 10.3. The molecule has 5 nitrogen and oxygen atoms in total. The summed E-state index contributed by atoms with van der Waals surface area (Å²) in [6, 6.07) is 7.93. The largest absolute Gasteiger partial charge is 0.348 e. The highest BCUT2D eigenvalue weighted by Gasteiger charge is 2.12. The van der Waals surface area contributed by atoms with Crippen LogP contribution in [0.25, 0.3) is 0 Å². The van der Waals surface area contributed by atoms with Crippen molar-refractivity contribution in [1.29, 1.82) is 0 Å². The summed E-state index contributed by atoms with van der Waals surface area (Å²) in [5.41, 5.74) is 2.05. The molecular weight excluding hydrogens is 278 g/mol. The second-order valence-corrected chi connectivity index (χ2v) is 5.94. The average molecular weight is 305 g/mol. The monoisotopic (exact) mass is 305 g/mol. The number of likely N-dealkylation sites (N-methyl/N-ethyl adjacent to an activating group) is 2. The van der Waals surface area contributed by atoms with E-state index in [9.17, 15) is 9.59 Å². The van der Waals surface area contributed by atoms with Gasteiger partial charge in [0.1, 0.15) is 0 Å². The molecule has 0 unspecified atom stereocenters. The summed E-state index contributed by atoms with van der Waals surface area (Å²) < 4.78 is 0. The van der Waals surface area contributed by atoms with Crippen molar-refractivity contribution in [3.8, 4) is 0 Å². The molecule has 0 aliphatic heterocycles. The predicted molar refractivity (Wildman–Crippen MR) is 90.0 cm³/mol. The summed E-state index contributed by atoms with van der Waals surface area (Å²) in [4.78, 5) is 26.8. The summed E-state index contributed by atoms with van der Waals surface area (Å²) in [7, 11) is 5.16. The lowest BCUT2D eigenvalue weighted by molar-refractivity contribution is -0.130. The lowest BCUT2D eigenvalue weighted by Crippen LogP contribution is -2.38. The summed E-state index contributed by atoms with van der Waals surface area (Å²) in [5.74, 6) is 0.381. The normalized spacial score (nSPS) is 12.1. The average Bonchev–Trinajstić information content (AvgIpc) is 2.46. The second kappa shape index (κ2) is 8.54. The molecule has 0 aliphatic rings. The molecule has 1 aromatic carbocycles. The van der Waals surface area contributed by atoms with Crippen molar-refractivity contribution in [2.45, 2.75) is 26.2 Å². The first kappa shape index (κ1) is 18.2. The van der Waals surface area contributed by atoms with Gasteiger partial charge < -0.3 is 10.2 Å². The Morgan fingerprint density at radius 2 is 1.68 bits per heavy atom. The molecule has 5 heteroatoms. The topological polar surface area (TPSA) is 52.7 Å². The zero-order valence-corrected chi connectivity index (χ0v) is 14.2. The van der Waals surface area contributed by atoms with Crippen LogP contribution in [0.4, 0.5) is 5.69 Å². The standard InChI is InChI=1S/C17H27N3O2/c1-6-13(2)14-7-9-15(10-8-14)18-16(21)11-20(5)12-17(22)19(3)4/h7-10,13H,6,11-12H2,1-5H3,(H,18,21)/t13-/m1/s1. The molecule has 122 valence electrons. The molecule has 0 aliphatic carbocycles. The number of rotatable bonds is 7. The van der Waals surface area contributed by atoms with Crippen LogP contribution in [0.15, 0.2) is 24.3 Å². The van der Waals surface area contributed by atoms with Crippen LogP contribution in [0.3, 0.4) is 0 Å². The number of amides is 2. The number of hydrogen-bond acceptors (Lipinski definition) is 3. The molecule has 2 amide bonds. The van der Waals surface area contributed by atoms with Crippen LogP contribution < -0.4 is 5.32 Å². The van der Waals surface area contributed by atoms with Crippen LogP contribution in [0, 0.1) is 0 Å². The van der Waals surface area contributed by atoms with Gasteiger partial charge in [0, 0.05) is 19.8 Å². The van der Waals surface area contributed by atoms with E-state index in [-0.39, 0.29) is 24.9 Å². The van der Waals surface area contributed by atoms with Gasteiger partial charge in [-0.2, -0.15) is 0 Å². The van der Waals surface area contributed by atoms with Gasteiger partial charge in [-0.25, -0.2) is 0 Å². The van der Waals surface area contributed by atoms with Crippen molar-refractivity contribution in [2.75, 3.05) is 39.5 Å². The highest BCUT2D eigenvalue weighted by Crippen LogP contribution is 2.20. The van der Waals surface area contributed by atoms with E-state index in [4.69, 9.17) is 0 Å². The predicted octanol–water partition coefficient (Wildman–Crippen LogP) is 2.16. The Balaban J connectivity index is 2.49. The number of benzene rings is 1. The number of nitrogens with one attached hydrogen (secondary N) is 1. The summed E-state index contributed by atoms with van der Waals surface area (Å²) in [5, 5.41) is 2.85. The van der Waals surface area contributed by atoms with Gasteiger partial charge >= 0.3 is 0 Å². The third-order valence-electron chi connectivity index (χ3n) is 3.69. The minimum absolute atomic E-state index is 0.0202. The van der Waals surface area contributed by atoms with Gasteiger partial charge in [0.2, 0.25) is 11.8 Å². The highest BCUT2D eigenvalue weighted by atomic mass is 16.2. The fourth-order valence-corrected chi connectivity index (χ4v) is 2.00. The minimum atomic E-state index is -0.120. The zero-order chi connectivity index (χ0) is 16.7. The second-order valence-electron chi connectivity index (χ2n) is 5.94. The smallest absolute Gasteiger partial charge is 0.238 e. The fraction of sp³-hybridized carbons (Fsp3) is 0.529. The van der Waals surface area contributed by atoms with E-state index in [0.717, 1.165) is 12.1 Å². The third kappa shape index (κ3) is 5.85. The van der Waals surface area contributed by atoms with Crippen LogP contribution in [0.5, 0.6) is 0 Å². The maximum absolute atomic E-state index is 12.0. The molecule has 1 atom stereocenters. The van der Waals surface area contributed by atoms with Gasteiger partial charge in [0.25, 0.3) is 0 Å². The van der Waals surface area contributed by atoms with Crippen molar-refractivity contribution < 1.29 is 9.59 Å². The first-order valence-electron chi connectivity index (χ1n) is 7.62. The number of carbonyl (C=O) groups excluding carboxylic acids is 2. The molecular formula is C17H27N3O2. The Labute approximate surface area is 133 Å². The molecule has 0 bridgehead atoms. The van der Waals surface area contributed by atoms with Crippen molar-refractivity contribution >= 4 is 17.5 Å². The zero-order valence-electron chi connectivity index (χ0n) is 14.2. The lowest BCUT2D eigenvalue weighted by Gasteiger charge is -2.18. The number of anilines is 1. The molecule has 0 fully saturated rings. The van der Waals surface area contributed by atoms with E-state index >= 15 is 0 Å². The molecule has 0 heterocycles. The van der Waals surface area contributed by atoms with E-state index in [1.807, 2.05) is 24.3 Å². The maximum atomic E-state index is 12.0. The van der Waals surface area contributed by atoms with Crippen LogP contribution in [-0.2, 0) is 9.59 Å². The highest BCUT2D eigenvalue weighted by molar-refractivity contribution is 5.92. The molecule has 0 spiro atoms. The number of hydrogen-bond donors (Lipinski definition) is 1. The van der Waals surface area contributed by atoms with Gasteiger partial charge in [-0.3, -0.25) is 14.5 Å². The van der Waals surface area contributed by atoms with E-state index < -0.39 is 0 Å². The van der Waals surface area contributed by atoms with Gasteiger partial charge in [0.15, 0.2) is 0 Å². The Morgan fingerprint density at radius 3 is 2.18 bits per heavy atom. The van der Waals surface area contributed by atoms with E-state index in [1.165, 1.54) is 10.5 Å². The molecule has 0 saturated heterocycles. The maximum Gasteiger partial charge on any atom is 0.238 e. The van der Waals surface area contributed by atoms with Gasteiger partial charge in [0.05, 0.1) is 13.1 Å². The van der Waals surface area contributed by atoms with Crippen molar-refractivity contribution in [2.24, 2.45) is 0 Å². The van der Waals surface area contributed by atoms with Gasteiger partial charge in [-0.15, -0.1) is 0 Å². The third-order valence-corrected chi connectivity index (χ3v) is 3.69. The van der Waals surface area contributed by atoms with E-state index in [1.54, 1.807) is 26.0 Å². The van der Waals surface area contributed by atoms with Crippen LogP contribution in [0.2, 0.25) is 0 Å². The molecule has 0 saturated carbocycles. The van der Waals surface area contributed by atoms with Gasteiger partial charge in [-0.05, 0) is 37.1 Å². The molecule has 0 radical (unpaired) electrons. The molecule has 0 aromatic heterocycles. The van der Waals surface area contributed by atoms with Crippen LogP contribution in [-0.4, -0.2) is 55.8 Å².